The lowest BCUT2D eigenvalue weighted by Crippen LogP contribution is -2.32. The van der Waals surface area contributed by atoms with E-state index in [-0.39, 0.29) is 22.9 Å². The van der Waals surface area contributed by atoms with Crippen molar-refractivity contribution < 1.29 is 24.2 Å². The predicted octanol–water partition coefficient (Wildman–Crippen LogP) is 3.06. The Hall–Kier alpha value is -5.78. The van der Waals surface area contributed by atoms with Crippen molar-refractivity contribution in [2.75, 3.05) is 16.9 Å². The van der Waals surface area contributed by atoms with E-state index in [0.717, 1.165) is 5.56 Å². The van der Waals surface area contributed by atoms with Crippen LogP contribution in [0.4, 0.5) is 16.2 Å². The zero-order valence-corrected chi connectivity index (χ0v) is 21.8. The van der Waals surface area contributed by atoms with Crippen LogP contribution in [0.2, 0.25) is 0 Å². The highest BCUT2D eigenvalue weighted by molar-refractivity contribution is 6.37. The second-order valence-corrected chi connectivity index (χ2v) is 9.27. The summed E-state index contributed by atoms with van der Waals surface area (Å²) in [5.41, 5.74) is 4.00. The van der Waals surface area contributed by atoms with Gasteiger partial charge in [-0.15, -0.1) is 0 Å². The summed E-state index contributed by atoms with van der Waals surface area (Å²) in [6.07, 6.45) is 2.13. The van der Waals surface area contributed by atoms with Crippen LogP contribution in [0.15, 0.2) is 78.5 Å². The summed E-state index contributed by atoms with van der Waals surface area (Å²) in [5.74, 6) is -1.43. The molecular formula is C29H24N6O6. The maximum Gasteiger partial charge on any atom is 0.326 e. The molecule has 1 fully saturated rings. The normalized spacial score (nSPS) is 16.3. The van der Waals surface area contributed by atoms with Gasteiger partial charge in [0.2, 0.25) is 5.91 Å². The van der Waals surface area contributed by atoms with Crippen LogP contribution in [0.1, 0.15) is 29.2 Å². The zero-order chi connectivity index (χ0) is 29.1. The first kappa shape index (κ1) is 26.8. The number of imide groups is 1. The van der Waals surface area contributed by atoms with Crippen LogP contribution in [-0.4, -0.2) is 35.3 Å². The molecular weight excluding hydrogens is 528 g/mol. The lowest BCUT2D eigenvalue weighted by Gasteiger charge is -2.15. The van der Waals surface area contributed by atoms with Gasteiger partial charge in [0.1, 0.15) is 11.4 Å². The molecule has 0 aromatic heterocycles. The summed E-state index contributed by atoms with van der Waals surface area (Å²) in [6, 6.07) is 20.1. The van der Waals surface area contributed by atoms with Gasteiger partial charge in [-0.1, -0.05) is 54.6 Å². The van der Waals surface area contributed by atoms with Crippen molar-refractivity contribution in [3.63, 3.8) is 0 Å². The third kappa shape index (κ3) is 5.66. The quantitative estimate of drug-likeness (QED) is 0.144. The van der Waals surface area contributed by atoms with Crippen molar-refractivity contribution in [2.45, 2.75) is 13.3 Å². The Morgan fingerprint density at radius 3 is 2.32 bits per heavy atom. The fourth-order valence-electron chi connectivity index (χ4n) is 4.56. The Kier molecular flexibility index (Phi) is 7.29. The third-order valence-corrected chi connectivity index (χ3v) is 6.46. The number of nitrogens with one attached hydrogen (secondary N) is 4. The molecule has 0 bridgehead atoms. The molecule has 3 aromatic carbocycles. The third-order valence-electron chi connectivity index (χ3n) is 6.46. The average Bonchev–Trinajstić information content (AvgIpc) is 3.42. The van der Waals surface area contributed by atoms with Crippen molar-refractivity contribution in [1.29, 1.82) is 0 Å². The molecule has 4 N–H and O–H groups in total. The minimum absolute atomic E-state index is 0.116. The number of anilines is 2. The summed E-state index contributed by atoms with van der Waals surface area (Å²) in [4.78, 5) is 59.7. The van der Waals surface area contributed by atoms with Crippen LogP contribution in [0.5, 0.6) is 0 Å². The van der Waals surface area contributed by atoms with Gasteiger partial charge in [0.25, 0.3) is 5.91 Å². The number of carbonyl (C=O) groups excluding carboxylic acids is 4. The van der Waals surface area contributed by atoms with Gasteiger partial charge in [0.15, 0.2) is 5.03 Å². The Morgan fingerprint density at radius 1 is 0.976 bits per heavy atom. The van der Waals surface area contributed by atoms with E-state index in [9.17, 15) is 29.3 Å². The van der Waals surface area contributed by atoms with Crippen molar-refractivity contribution in [3.8, 4) is 0 Å². The topological polar surface area (TPSA) is 163 Å². The lowest BCUT2D eigenvalue weighted by atomic mass is 9.98. The number of urea groups is 1. The van der Waals surface area contributed by atoms with E-state index >= 15 is 0 Å². The van der Waals surface area contributed by atoms with E-state index in [1.54, 1.807) is 42.5 Å². The van der Waals surface area contributed by atoms with E-state index in [4.69, 9.17) is 0 Å². The fraction of sp³-hybridized carbons (Fsp3) is 0.103. The summed E-state index contributed by atoms with van der Waals surface area (Å²) >= 11 is 0. The molecule has 1 saturated heterocycles. The Bertz CT molecular complexity index is 1640. The van der Waals surface area contributed by atoms with Gasteiger partial charge in [-0.2, -0.15) is 0 Å². The minimum Gasteiger partial charge on any atom is -0.356 e. The first-order valence-corrected chi connectivity index (χ1v) is 12.6. The van der Waals surface area contributed by atoms with Gasteiger partial charge in [0.05, 0.1) is 11.3 Å². The second kappa shape index (κ2) is 11.1. The molecule has 41 heavy (non-hydrogen) atoms. The van der Waals surface area contributed by atoms with Gasteiger partial charge in [-0.05, 0) is 52.4 Å². The van der Waals surface area contributed by atoms with Gasteiger partial charge in [-0.25, -0.2) is 14.9 Å². The summed E-state index contributed by atoms with van der Waals surface area (Å²) in [5, 5.41) is 22.2. The molecule has 5 amide bonds. The minimum atomic E-state index is -0.780. The number of hydrogen-bond acceptors (Lipinski definition) is 7. The molecule has 206 valence electrons. The average molecular weight is 553 g/mol. The van der Waals surface area contributed by atoms with Crippen LogP contribution in [0.3, 0.4) is 0 Å². The summed E-state index contributed by atoms with van der Waals surface area (Å²) in [6.45, 7) is 1.92. The smallest absolute Gasteiger partial charge is 0.326 e. The molecule has 3 aromatic rings. The van der Waals surface area contributed by atoms with Crippen molar-refractivity contribution in [1.82, 2.24) is 16.0 Å². The number of nitrogens with zero attached hydrogens (tertiary/aromatic N) is 2. The highest BCUT2D eigenvalue weighted by atomic mass is 16.7. The van der Waals surface area contributed by atoms with Crippen LogP contribution >= 0.6 is 0 Å². The van der Waals surface area contributed by atoms with Crippen LogP contribution in [0.25, 0.3) is 17.3 Å². The predicted molar refractivity (Wildman–Crippen MR) is 151 cm³/mol. The molecule has 0 atom stereocenters. The van der Waals surface area contributed by atoms with Crippen molar-refractivity contribution in [3.05, 3.63) is 111 Å². The Morgan fingerprint density at radius 2 is 1.68 bits per heavy atom. The van der Waals surface area contributed by atoms with Crippen molar-refractivity contribution in [2.24, 2.45) is 0 Å². The number of benzene rings is 3. The number of fused-ring (bicyclic) bond motifs is 1. The van der Waals surface area contributed by atoms with Crippen molar-refractivity contribution >= 4 is 52.5 Å². The number of hydrazine groups is 1. The SMILES string of the molecule is CC(=O)NCCc1ccc(C(Nc2ccc(C=C3NC(=O)NC3=O)cc2)=C2C(=O)N([N+](=O)[O-])c3ccccc32)cc1. The molecule has 0 saturated carbocycles. The lowest BCUT2D eigenvalue weighted by molar-refractivity contribution is -0.482. The monoisotopic (exact) mass is 552 g/mol. The largest absolute Gasteiger partial charge is 0.356 e. The van der Waals surface area contributed by atoms with Crippen LogP contribution in [0, 0.1) is 10.1 Å². The molecule has 12 nitrogen and oxygen atoms in total. The van der Waals surface area contributed by atoms with E-state index in [2.05, 4.69) is 21.3 Å². The molecule has 12 heteroatoms. The van der Waals surface area contributed by atoms with Crippen LogP contribution in [-0.2, 0) is 20.8 Å². The Balaban J connectivity index is 1.52. The zero-order valence-electron chi connectivity index (χ0n) is 21.8. The van der Waals surface area contributed by atoms with Gasteiger partial charge in [0, 0.05) is 24.7 Å². The number of amides is 5. The van der Waals surface area contributed by atoms with Gasteiger partial charge < -0.3 is 16.0 Å². The highest BCUT2D eigenvalue weighted by Gasteiger charge is 2.42. The molecule has 0 spiro atoms. The first-order valence-electron chi connectivity index (χ1n) is 12.6. The molecule has 2 heterocycles. The van der Waals surface area contributed by atoms with Gasteiger partial charge >= 0.3 is 11.9 Å². The number of nitro groups is 1. The van der Waals surface area contributed by atoms with E-state index in [1.807, 2.05) is 24.3 Å². The molecule has 0 radical (unpaired) electrons. The fourth-order valence-corrected chi connectivity index (χ4v) is 4.56. The standard InChI is InChI=1S/C29H24N6O6/c1-17(36)30-15-14-18-6-10-20(11-7-18)26(25-22-4-2-3-5-24(22)34(28(25)38)35(40)41)31-21-12-8-19(9-13-21)16-23-27(37)33-29(39)32-23/h2-13,16,31H,14-15H2,1H3,(H,30,36)(H2,32,33,37,39). The molecule has 2 aliphatic heterocycles. The number of para-hydroxylation sites is 1. The number of hydrogen-bond donors (Lipinski definition) is 4. The molecule has 2 aliphatic rings. The van der Waals surface area contributed by atoms with E-state index < -0.39 is 22.9 Å². The molecule has 5 rings (SSSR count). The van der Waals surface area contributed by atoms with Gasteiger partial charge in [-0.3, -0.25) is 19.7 Å². The molecule has 0 unspecified atom stereocenters. The first-order chi connectivity index (χ1) is 19.7. The summed E-state index contributed by atoms with van der Waals surface area (Å²) in [7, 11) is 0. The number of rotatable bonds is 8. The highest BCUT2D eigenvalue weighted by Crippen LogP contribution is 2.41. The molecule has 0 aliphatic carbocycles. The number of carbonyl (C=O) groups is 4. The van der Waals surface area contributed by atoms with E-state index in [1.165, 1.54) is 19.1 Å². The maximum atomic E-state index is 13.5. The summed E-state index contributed by atoms with van der Waals surface area (Å²) < 4.78 is 0. The van der Waals surface area contributed by atoms with E-state index in [0.29, 0.717) is 46.0 Å². The van der Waals surface area contributed by atoms with Crippen LogP contribution < -0.4 is 26.3 Å². The second-order valence-electron chi connectivity index (χ2n) is 9.27. The maximum absolute atomic E-state index is 13.5. The Labute approximate surface area is 233 Å².